The molecule has 3 aliphatic heterocycles. The Labute approximate surface area is 163 Å². The molecule has 1 atom stereocenters. The van der Waals surface area contributed by atoms with Crippen LogP contribution in [0.2, 0.25) is 0 Å². The minimum Gasteiger partial charge on any atom is -0.457 e. The van der Waals surface area contributed by atoms with Crippen LogP contribution in [0.3, 0.4) is 0 Å². The molecule has 0 saturated carbocycles. The van der Waals surface area contributed by atoms with Crippen molar-refractivity contribution >= 4 is 15.9 Å². The van der Waals surface area contributed by atoms with Crippen molar-refractivity contribution in [3.05, 3.63) is 53.1 Å². The maximum atomic E-state index is 13.2. The molecule has 28 heavy (non-hydrogen) atoms. The zero-order valence-corrected chi connectivity index (χ0v) is 16.3. The molecule has 0 aromatic heterocycles. The van der Waals surface area contributed by atoms with Crippen molar-refractivity contribution in [1.82, 2.24) is 14.5 Å². The van der Waals surface area contributed by atoms with Crippen LogP contribution in [0.5, 0.6) is 11.5 Å². The third-order valence-electron chi connectivity index (χ3n) is 5.80. The van der Waals surface area contributed by atoms with E-state index in [4.69, 9.17) is 4.74 Å². The average Bonchev–Trinajstić information content (AvgIpc) is 2.70. The van der Waals surface area contributed by atoms with Gasteiger partial charge in [0, 0.05) is 55.3 Å². The fourth-order valence-electron chi connectivity index (χ4n) is 4.20. The highest BCUT2D eigenvalue weighted by Crippen LogP contribution is 2.47. The first kappa shape index (κ1) is 17.7. The Morgan fingerprint density at radius 2 is 1.86 bits per heavy atom. The predicted molar refractivity (Wildman–Crippen MR) is 103 cm³/mol. The van der Waals surface area contributed by atoms with E-state index < -0.39 is 10.0 Å². The molecule has 0 radical (unpaired) electrons. The van der Waals surface area contributed by atoms with Crippen LogP contribution in [0.25, 0.3) is 0 Å². The summed E-state index contributed by atoms with van der Waals surface area (Å²) >= 11 is 0. The minimum atomic E-state index is -3.57. The normalized spacial score (nSPS) is 22.0. The molecule has 0 bridgehead atoms. The summed E-state index contributed by atoms with van der Waals surface area (Å²) in [6, 6.07) is 10.5. The molecule has 1 N–H and O–H groups in total. The largest absolute Gasteiger partial charge is 0.457 e. The van der Waals surface area contributed by atoms with Crippen molar-refractivity contribution < 1.29 is 17.9 Å². The topological polar surface area (TPSA) is 79.0 Å². The van der Waals surface area contributed by atoms with E-state index in [-0.39, 0.29) is 16.7 Å². The van der Waals surface area contributed by atoms with Gasteiger partial charge in [-0.05, 0) is 37.4 Å². The standard InChI is InChI=1S/C20H21N3O4S/c1-22-7-9-23(10-8-22)28(25,26)13-5-6-17-15(11-13)16-12-21-20(24)14-3-2-4-18(27-17)19(14)16/h2-6,11,16H,7-10,12H2,1H3,(H,21,24). The number of hydrogen-bond acceptors (Lipinski definition) is 5. The number of nitrogens with one attached hydrogen (secondary N) is 1. The van der Waals surface area contributed by atoms with Crippen molar-refractivity contribution in [3.63, 3.8) is 0 Å². The fourth-order valence-corrected chi connectivity index (χ4v) is 5.65. The van der Waals surface area contributed by atoms with Crippen LogP contribution in [-0.2, 0) is 10.0 Å². The number of carbonyl (C=O) groups is 1. The van der Waals surface area contributed by atoms with Crippen molar-refractivity contribution in [1.29, 1.82) is 0 Å². The molecular formula is C20H21N3O4S. The maximum absolute atomic E-state index is 13.2. The molecule has 1 amide bonds. The average molecular weight is 399 g/mol. The van der Waals surface area contributed by atoms with Crippen LogP contribution < -0.4 is 10.1 Å². The molecule has 0 spiro atoms. The van der Waals surface area contributed by atoms with Crippen LogP contribution in [-0.4, -0.2) is 63.3 Å². The fraction of sp³-hybridized carbons (Fsp3) is 0.350. The van der Waals surface area contributed by atoms with Crippen LogP contribution in [0.1, 0.15) is 27.4 Å². The number of rotatable bonds is 2. The highest BCUT2D eigenvalue weighted by atomic mass is 32.2. The number of amides is 1. The summed E-state index contributed by atoms with van der Waals surface area (Å²) < 4.78 is 33.8. The van der Waals surface area contributed by atoms with E-state index >= 15 is 0 Å². The lowest BCUT2D eigenvalue weighted by Crippen LogP contribution is -2.47. The summed E-state index contributed by atoms with van der Waals surface area (Å²) in [5.41, 5.74) is 2.23. The van der Waals surface area contributed by atoms with Crippen LogP contribution in [0, 0.1) is 0 Å². The van der Waals surface area contributed by atoms with E-state index in [0.717, 1.165) is 24.2 Å². The number of carbonyl (C=O) groups excluding carboxylic acids is 1. The first-order valence-electron chi connectivity index (χ1n) is 9.37. The first-order chi connectivity index (χ1) is 13.4. The summed E-state index contributed by atoms with van der Waals surface area (Å²) in [7, 11) is -1.57. The summed E-state index contributed by atoms with van der Waals surface area (Å²) in [6.07, 6.45) is 0. The number of fused-ring (bicyclic) bond motifs is 2. The number of likely N-dealkylation sites (N-methyl/N-ethyl adjacent to an activating group) is 1. The number of nitrogens with zero attached hydrogens (tertiary/aromatic N) is 2. The molecule has 8 heteroatoms. The molecule has 3 aliphatic rings. The lowest BCUT2D eigenvalue weighted by molar-refractivity contribution is 0.0940. The van der Waals surface area contributed by atoms with E-state index in [1.54, 1.807) is 34.6 Å². The molecule has 7 nitrogen and oxygen atoms in total. The van der Waals surface area contributed by atoms with Gasteiger partial charge in [0.2, 0.25) is 10.0 Å². The molecule has 1 unspecified atom stereocenters. The summed E-state index contributed by atoms with van der Waals surface area (Å²) in [5, 5.41) is 2.91. The highest BCUT2D eigenvalue weighted by Gasteiger charge is 2.36. The van der Waals surface area contributed by atoms with Gasteiger partial charge in [0.05, 0.1) is 4.90 Å². The monoisotopic (exact) mass is 399 g/mol. The molecule has 2 aromatic carbocycles. The third kappa shape index (κ3) is 2.63. The molecular weight excluding hydrogens is 378 g/mol. The molecule has 146 valence electrons. The Morgan fingerprint density at radius 3 is 2.64 bits per heavy atom. The van der Waals surface area contributed by atoms with Gasteiger partial charge in [-0.25, -0.2) is 8.42 Å². The predicted octanol–water partition coefficient (Wildman–Crippen LogP) is 1.60. The second kappa shape index (κ2) is 6.30. The first-order valence-corrected chi connectivity index (χ1v) is 10.8. The molecule has 0 aliphatic carbocycles. The Morgan fingerprint density at radius 1 is 1.07 bits per heavy atom. The summed E-state index contributed by atoms with van der Waals surface area (Å²) in [4.78, 5) is 14.6. The summed E-state index contributed by atoms with van der Waals surface area (Å²) in [5.74, 6) is 1.07. The van der Waals surface area contributed by atoms with Crippen LogP contribution in [0.15, 0.2) is 41.3 Å². The van der Waals surface area contributed by atoms with Crippen molar-refractivity contribution in [2.45, 2.75) is 10.8 Å². The van der Waals surface area contributed by atoms with Crippen molar-refractivity contribution in [2.24, 2.45) is 0 Å². The Kier molecular flexibility index (Phi) is 3.97. The van der Waals surface area contributed by atoms with Crippen LogP contribution >= 0.6 is 0 Å². The number of benzene rings is 2. The Balaban J connectivity index is 1.56. The molecule has 2 aromatic rings. The summed E-state index contributed by atoms with van der Waals surface area (Å²) in [6.45, 7) is 2.84. The lowest BCUT2D eigenvalue weighted by Gasteiger charge is -2.34. The van der Waals surface area contributed by atoms with Gasteiger partial charge in [-0.15, -0.1) is 0 Å². The molecule has 3 heterocycles. The number of hydrogen-bond donors (Lipinski definition) is 1. The third-order valence-corrected chi connectivity index (χ3v) is 7.70. The van der Waals surface area contributed by atoms with E-state index in [0.29, 0.717) is 36.7 Å². The van der Waals surface area contributed by atoms with Crippen molar-refractivity contribution in [2.75, 3.05) is 39.8 Å². The van der Waals surface area contributed by atoms with Gasteiger partial charge in [0.1, 0.15) is 11.5 Å². The Bertz CT molecular complexity index is 1070. The van der Waals surface area contributed by atoms with E-state index in [2.05, 4.69) is 10.2 Å². The van der Waals surface area contributed by atoms with Gasteiger partial charge in [0.25, 0.3) is 5.91 Å². The molecule has 5 rings (SSSR count). The van der Waals surface area contributed by atoms with Gasteiger partial charge < -0.3 is 15.0 Å². The van der Waals surface area contributed by atoms with E-state index in [9.17, 15) is 13.2 Å². The SMILES string of the molecule is CN1CCN(S(=O)(=O)c2ccc3c(c2)C2CNC(=O)c4cccc(c42)O3)CC1. The maximum Gasteiger partial charge on any atom is 0.251 e. The number of sulfonamides is 1. The zero-order chi connectivity index (χ0) is 19.5. The van der Waals surface area contributed by atoms with E-state index in [1.165, 1.54) is 0 Å². The lowest BCUT2D eigenvalue weighted by atomic mass is 9.82. The van der Waals surface area contributed by atoms with Gasteiger partial charge in [-0.3, -0.25) is 4.79 Å². The second-order valence-corrected chi connectivity index (χ2v) is 9.43. The highest BCUT2D eigenvalue weighted by molar-refractivity contribution is 7.89. The number of piperazine rings is 1. The Hall–Kier alpha value is -2.42. The van der Waals surface area contributed by atoms with E-state index in [1.807, 2.05) is 13.1 Å². The molecule has 1 saturated heterocycles. The molecule has 1 fully saturated rings. The van der Waals surface area contributed by atoms with Gasteiger partial charge >= 0.3 is 0 Å². The number of ether oxygens (including phenoxy) is 1. The van der Waals surface area contributed by atoms with Gasteiger partial charge in [-0.1, -0.05) is 6.07 Å². The van der Waals surface area contributed by atoms with Crippen molar-refractivity contribution in [3.8, 4) is 11.5 Å². The van der Waals surface area contributed by atoms with Gasteiger partial charge in [-0.2, -0.15) is 4.31 Å². The van der Waals surface area contributed by atoms with Crippen LogP contribution in [0.4, 0.5) is 0 Å². The minimum absolute atomic E-state index is 0.115. The zero-order valence-electron chi connectivity index (χ0n) is 15.5. The smallest absolute Gasteiger partial charge is 0.251 e. The second-order valence-electron chi connectivity index (χ2n) is 7.49. The quantitative estimate of drug-likeness (QED) is 0.830. The van der Waals surface area contributed by atoms with Gasteiger partial charge in [0.15, 0.2) is 0 Å².